The van der Waals surface area contributed by atoms with Crippen LogP contribution in [-0.2, 0) is 11.2 Å². The molecule has 3 rings (SSSR count). The summed E-state index contributed by atoms with van der Waals surface area (Å²) in [6.07, 6.45) is 1.28. The van der Waals surface area contributed by atoms with Crippen molar-refractivity contribution in [2.24, 2.45) is 0 Å². The van der Waals surface area contributed by atoms with Crippen molar-refractivity contribution in [3.8, 4) is 11.5 Å². The minimum atomic E-state index is -0.648. The molecule has 0 spiro atoms. The highest BCUT2D eigenvalue weighted by Gasteiger charge is 2.29. The number of carbonyl (C=O) groups is 1. The average Bonchev–Trinajstić information content (AvgIpc) is 2.84. The van der Waals surface area contributed by atoms with Gasteiger partial charge in [-0.2, -0.15) is 0 Å². The maximum atomic E-state index is 12.1. The minimum absolute atomic E-state index is 0.0839. The van der Waals surface area contributed by atoms with E-state index < -0.39 is 6.10 Å². The standard InChI is InChI=1S/C14H11ClN2O3/c15-9-3-4-11-8(6-9)7-12(20-11)14(19)17-13-10(18)2-1-5-16-13/h1-6,12,18H,7H2,(H,16,17,19). The molecule has 1 aromatic heterocycles. The number of carbonyl (C=O) groups excluding carboxylic acids is 1. The third-order valence-corrected chi connectivity index (χ3v) is 3.25. The highest BCUT2D eigenvalue weighted by atomic mass is 35.5. The second-order valence-electron chi connectivity index (χ2n) is 4.42. The summed E-state index contributed by atoms with van der Waals surface area (Å²) in [5.41, 5.74) is 0.892. The molecule has 0 bridgehead atoms. The zero-order valence-corrected chi connectivity index (χ0v) is 11.1. The first kappa shape index (κ1) is 12.7. The van der Waals surface area contributed by atoms with Gasteiger partial charge < -0.3 is 15.2 Å². The third kappa shape index (κ3) is 2.40. The van der Waals surface area contributed by atoms with E-state index in [1.165, 1.54) is 12.3 Å². The van der Waals surface area contributed by atoms with Crippen molar-refractivity contribution in [3.05, 3.63) is 47.1 Å². The molecule has 6 heteroatoms. The number of halogens is 1. The molecule has 1 atom stereocenters. The summed E-state index contributed by atoms with van der Waals surface area (Å²) in [7, 11) is 0. The monoisotopic (exact) mass is 290 g/mol. The molecule has 1 amide bonds. The fourth-order valence-electron chi connectivity index (χ4n) is 2.05. The van der Waals surface area contributed by atoms with Crippen molar-refractivity contribution >= 4 is 23.3 Å². The number of ether oxygens (including phenoxy) is 1. The van der Waals surface area contributed by atoms with Crippen LogP contribution in [0.25, 0.3) is 0 Å². The molecular weight excluding hydrogens is 280 g/mol. The Labute approximate surface area is 120 Å². The summed E-state index contributed by atoms with van der Waals surface area (Å²) in [6.45, 7) is 0. The smallest absolute Gasteiger partial charge is 0.267 e. The number of anilines is 1. The Morgan fingerprint density at radius 1 is 1.45 bits per heavy atom. The Kier molecular flexibility index (Phi) is 3.20. The van der Waals surface area contributed by atoms with Gasteiger partial charge in [-0.15, -0.1) is 0 Å². The van der Waals surface area contributed by atoms with Crippen LogP contribution in [0.2, 0.25) is 5.02 Å². The summed E-state index contributed by atoms with van der Waals surface area (Å²) in [5, 5.41) is 12.7. The van der Waals surface area contributed by atoms with E-state index in [2.05, 4.69) is 10.3 Å². The first-order valence-corrected chi connectivity index (χ1v) is 6.41. The molecule has 2 aromatic rings. The highest BCUT2D eigenvalue weighted by molar-refractivity contribution is 6.30. The van der Waals surface area contributed by atoms with Crippen molar-refractivity contribution < 1.29 is 14.6 Å². The molecule has 20 heavy (non-hydrogen) atoms. The van der Waals surface area contributed by atoms with Gasteiger partial charge in [-0.3, -0.25) is 4.79 Å². The maximum absolute atomic E-state index is 12.1. The number of rotatable bonds is 2. The predicted octanol–water partition coefficient (Wildman–Crippen LogP) is 2.38. The Morgan fingerprint density at radius 3 is 3.10 bits per heavy atom. The van der Waals surface area contributed by atoms with Gasteiger partial charge in [0, 0.05) is 17.6 Å². The summed E-state index contributed by atoms with van der Waals surface area (Å²) < 4.78 is 5.56. The second kappa shape index (κ2) is 5.02. The van der Waals surface area contributed by atoms with Crippen molar-refractivity contribution in [2.75, 3.05) is 5.32 Å². The number of hydrogen-bond acceptors (Lipinski definition) is 4. The van der Waals surface area contributed by atoms with E-state index in [9.17, 15) is 9.90 Å². The molecule has 1 aromatic carbocycles. The lowest BCUT2D eigenvalue weighted by Crippen LogP contribution is -2.31. The molecule has 1 unspecified atom stereocenters. The van der Waals surface area contributed by atoms with Crippen LogP contribution < -0.4 is 10.1 Å². The molecule has 0 saturated carbocycles. The van der Waals surface area contributed by atoms with Gasteiger partial charge in [-0.05, 0) is 35.9 Å². The first-order valence-electron chi connectivity index (χ1n) is 6.03. The molecule has 2 heterocycles. The molecule has 1 aliphatic rings. The zero-order valence-electron chi connectivity index (χ0n) is 10.3. The first-order chi connectivity index (χ1) is 9.63. The Bertz CT molecular complexity index is 675. The van der Waals surface area contributed by atoms with E-state index in [0.717, 1.165) is 5.56 Å². The lowest BCUT2D eigenvalue weighted by Gasteiger charge is -2.11. The Hall–Kier alpha value is -2.27. The average molecular weight is 291 g/mol. The van der Waals surface area contributed by atoms with Crippen molar-refractivity contribution in [2.45, 2.75) is 12.5 Å². The van der Waals surface area contributed by atoms with Crippen LogP contribution in [0.1, 0.15) is 5.56 Å². The van der Waals surface area contributed by atoms with Crippen molar-refractivity contribution in [3.63, 3.8) is 0 Å². The maximum Gasteiger partial charge on any atom is 0.267 e. The number of amides is 1. The van der Waals surface area contributed by atoms with Gasteiger partial charge in [0.2, 0.25) is 0 Å². The highest BCUT2D eigenvalue weighted by Crippen LogP contribution is 2.31. The van der Waals surface area contributed by atoms with Gasteiger partial charge in [-0.1, -0.05) is 11.6 Å². The van der Waals surface area contributed by atoms with Crippen molar-refractivity contribution in [1.82, 2.24) is 4.98 Å². The molecule has 0 saturated heterocycles. The third-order valence-electron chi connectivity index (χ3n) is 3.02. The minimum Gasteiger partial charge on any atom is -0.504 e. The lowest BCUT2D eigenvalue weighted by atomic mass is 10.1. The molecule has 0 radical (unpaired) electrons. The van der Waals surface area contributed by atoms with E-state index in [-0.39, 0.29) is 17.5 Å². The number of aromatic hydroxyl groups is 1. The van der Waals surface area contributed by atoms with Crippen LogP contribution in [0.3, 0.4) is 0 Å². The van der Waals surface area contributed by atoms with Crippen molar-refractivity contribution in [1.29, 1.82) is 0 Å². The number of hydrogen-bond donors (Lipinski definition) is 2. The van der Waals surface area contributed by atoms with Crippen LogP contribution in [0.15, 0.2) is 36.5 Å². The largest absolute Gasteiger partial charge is 0.504 e. The number of nitrogens with one attached hydrogen (secondary N) is 1. The summed E-state index contributed by atoms with van der Waals surface area (Å²) in [5.74, 6) is 0.334. The summed E-state index contributed by atoms with van der Waals surface area (Å²) >= 11 is 5.90. The molecule has 5 nitrogen and oxygen atoms in total. The topological polar surface area (TPSA) is 71.5 Å². The van der Waals surface area contributed by atoms with Crippen LogP contribution >= 0.6 is 11.6 Å². The molecular formula is C14H11ClN2O3. The number of nitrogens with zero attached hydrogens (tertiary/aromatic N) is 1. The fraction of sp³-hybridized carbons (Fsp3) is 0.143. The molecule has 0 aliphatic carbocycles. The van der Waals surface area contributed by atoms with E-state index in [1.54, 1.807) is 24.3 Å². The number of aromatic nitrogens is 1. The van der Waals surface area contributed by atoms with Crippen LogP contribution in [0.5, 0.6) is 11.5 Å². The normalized spacial score (nSPS) is 16.4. The van der Waals surface area contributed by atoms with E-state index in [0.29, 0.717) is 17.2 Å². The summed E-state index contributed by atoms with van der Waals surface area (Å²) in [6, 6.07) is 8.26. The van der Waals surface area contributed by atoms with E-state index in [1.807, 2.05) is 0 Å². The number of benzene rings is 1. The van der Waals surface area contributed by atoms with E-state index in [4.69, 9.17) is 16.3 Å². The van der Waals surface area contributed by atoms with Crippen LogP contribution in [0.4, 0.5) is 5.82 Å². The molecule has 1 aliphatic heterocycles. The quantitative estimate of drug-likeness (QED) is 0.891. The van der Waals surface area contributed by atoms with Gasteiger partial charge in [0.15, 0.2) is 17.7 Å². The van der Waals surface area contributed by atoms with Gasteiger partial charge in [0.05, 0.1) is 0 Å². The fourth-order valence-corrected chi connectivity index (χ4v) is 2.25. The van der Waals surface area contributed by atoms with E-state index >= 15 is 0 Å². The van der Waals surface area contributed by atoms with Gasteiger partial charge in [0.1, 0.15) is 5.75 Å². The van der Waals surface area contributed by atoms with Gasteiger partial charge >= 0.3 is 0 Å². The SMILES string of the molecule is O=C(Nc1ncccc1O)C1Cc2cc(Cl)ccc2O1. The zero-order chi connectivity index (χ0) is 14.1. The Balaban J connectivity index is 1.73. The van der Waals surface area contributed by atoms with Crippen LogP contribution in [0, 0.1) is 0 Å². The number of pyridine rings is 1. The predicted molar refractivity (Wildman–Crippen MR) is 74.1 cm³/mol. The number of fused-ring (bicyclic) bond motifs is 1. The lowest BCUT2D eigenvalue weighted by molar-refractivity contribution is -0.122. The molecule has 2 N–H and O–H groups in total. The molecule has 102 valence electrons. The summed E-state index contributed by atoms with van der Waals surface area (Å²) in [4.78, 5) is 16.0. The Morgan fingerprint density at radius 2 is 2.30 bits per heavy atom. The van der Waals surface area contributed by atoms with Gasteiger partial charge in [-0.25, -0.2) is 4.98 Å². The molecule has 0 fully saturated rings. The second-order valence-corrected chi connectivity index (χ2v) is 4.86. The van der Waals surface area contributed by atoms with Gasteiger partial charge in [0.25, 0.3) is 5.91 Å². The van der Waals surface area contributed by atoms with Crippen LogP contribution in [-0.4, -0.2) is 22.1 Å².